The Morgan fingerprint density at radius 1 is 1.03 bits per heavy atom. The van der Waals surface area contributed by atoms with Gasteiger partial charge in [-0.1, -0.05) is 35.9 Å². The smallest absolute Gasteiger partial charge is 0.261 e. The average molecular weight is 447 g/mol. The molecule has 0 bridgehead atoms. The van der Waals surface area contributed by atoms with Crippen molar-refractivity contribution in [1.29, 1.82) is 0 Å². The van der Waals surface area contributed by atoms with E-state index in [0.717, 1.165) is 24.8 Å². The molecule has 1 aliphatic carbocycles. The molecule has 0 unspecified atom stereocenters. The Morgan fingerprint density at radius 3 is 2.69 bits per heavy atom. The Labute approximate surface area is 192 Å². The third-order valence-electron chi connectivity index (χ3n) is 6.15. The molecule has 1 N–H and O–H groups in total. The molecule has 0 radical (unpaired) electrons. The van der Waals surface area contributed by atoms with Gasteiger partial charge >= 0.3 is 0 Å². The minimum atomic E-state index is -0.217. The van der Waals surface area contributed by atoms with Gasteiger partial charge in [-0.25, -0.2) is 0 Å². The summed E-state index contributed by atoms with van der Waals surface area (Å²) in [6.45, 7) is 0.458. The highest BCUT2D eigenvalue weighted by Crippen LogP contribution is 2.37. The van der Waals surface area contributed by atoms with Gasteiger partial charge < -0.3 is 15.0 Å². The lowest BCUT2D eigenvalue weighted by atomic mass is 9.86. The molecule has 162 valence electrons. The van der Waals surface area contributed by atoms with E-state index in [1.807, 2.05) is 23.1 Å². The molecule has 3 aromatic rings. The zero-order valence-electron chi connectivity index (χ0n) is 17.5. The number of carbonyl (C=O) groups excluding carboxylic acids is 2. The summed E-state index contributed by atoms with van der Waals surface area (Å²) in [6.07, 6.45) is 3.03. The number of amides is 2. The Kier molecular flexibility index (Phi) is 5.58. The van der Waals surface area contributed by atoms with Crippen molar-refractivity contribution in [2.75, 3.05) is 11.9 Å². The number of halogens is 1. The molecule has 5 rings (SSSR count). The fourth-order valence-corrected chi connectivity index (χ4v) is 4.68. The van der Waals surface area contributed by atoms with Crippen LogP contribution in [0.25, 0.3) is 0 Å². The summed E-state index contributed by atoms with van der Waals surface area (Å²) in [5, 5.41) is 3.51. The topological polar surface area (TPSA) is 58.6 Å². The van der Waals surface area contributed by atoms with Gasteiger partial charge in [0.05, 0.1) is 12.6 Å². The predicted molar refractivity (Wildman–Crippen MR) is 124 cm³/mol. The highest BCUT2D eigenvalue weighted by molar-refractivity contribution is 6.30. The zero-order chi connectivity index (χ0) is 22.1. The van der Waals surface area contributed by atoms with Gasteiger partial charge in [-0.2, -0.15) is 0 Å². The molecule has 1 aliphatic heterocycles. The van der Waals surface area contributed by atoms with Gasteiger partial charge in [0, 0.05) is 21.8 Å². The van der Waals surface area contributed by atoms with Crippen LogP contribution >= 0.6 is 11.6 Å². The molecule has 0 fully saturated rings. The summed E-state index contributed by atoms with van der Waals surface area (Å²) in [4.78, 5) is 27.5. The summed E-state index contributed by atoms with van der Waals surface area (Å²) >= 11 is 5.91. The number of rotatable bonds is 3. The summed E-state index contributed by atoms with van der Waals surface area (Å²) < 4.78 is 5.81. The SMILES string of the molecule is O=C(Nc1ccc2c(c1)CN([C@@H]1CCCc3ccccc31)C(=O)CO2)c1ccc(Cl)cc1. The van der Waals surface area contributed by atoms with Gasteiger partial charge in [-0.05, 0) is 72.9 Å². The number of nitrogens with zero attached hydrogens (tertiary/aromatic N) is 1. The van der Waals surface area contributed by atoms with Crippen LogP contribution in [0.1, 0.15) is 45.9 Å². The highest BCUT2D eigenvalue weighted by Gasteiger charge is 2.32. The molecular weight excluding hydrogens is 424 g/mol. The molecule has 32 heavy (non-hydrogen) atoms. The summed E-state index contributed by atoms with van der Waals surface area (Å²) in [5.41, 5.74) is 4.60. The second kappa shape index (κ2) is 8.67. The highest BCUT2D eigenvalue weighted by atomic mass is 35.5. The van der Waals surface area contributed by atoms with Crippen LogP contribution in [-0.4, -0.2) is 23.3 Å². The maximum absolute atomic E-state index is 13.0. The van der Waals surface area contributed by atoms with Crippen LogP contribution < -0.4 is 10.1 Å². The number of nitrogens with one attached hydrogen (secondary N) is 1. The number of anilines is 1. The van der Waals surface area contributed by atoms with Gasteiger partial charge in [0.2, 0.25) is 0 Å². The molecule has 2 aliphatic rings. The van der Waals surface area contributed by atoms with E-state index in [4.69, 9.17) is 16.3 Å². The van der Waals surface area contributed by atoms with Crippen LogP contribution in [0.3, 0.4) is 0 Å². The van der Waals surface area contributed by atoms with Crippen LogP contribution in [0, 0.1) is 0 Å². The van der Waals surface area contributed by atoms with Crippen molar-refractivity contribution in [3.05, 3.63) is 94.0 Å². The van der Waals surface area contributed by atoms with Crippen molar-refractivity contribution in [3.63, 3.8) is 0 Å². The number of ether oxygens (including phenoxy) is 1. The predicted octanol–water partition coefficient (Wildman–Crippen LogP) is 5.39. The van der Waals surface area contributed by atoms with Gasteiger partial charge in [-0.3, -0.25) is 9.59 Å². The first kappa shape index (κ1) is 20.6. The molecular formula is C26H23ClN2O3. The lowest BCUT2D eigenvalue weighted by Crippen LogP contribution is -2.37. The van der Waals surface area contributed by atoms with Crippen LogP contribution in [0.15, 0.2) is 66.7 Å². The summed E-state index contributed by atoms with van der Waals surface area (Å²) in [5.74, 6) is 0.439. The second-order valence-corrected chi connectivity index (χ2v) is 8.64. The van der Waals surface area contributed by atoms with Crippen LogP contribution in [0.2, 0.25) is 5.02 Å². The monoisotopic (exact) mass is 446 g/mol. The molecule has 1 atom stereocenters. The molecule has 0 saturated heterocycles. The second-order valence-electron chi connectivity index (χ2n) is 8.20. The van der Waals surface area contributed by atoms with Crippen LogP contribution in [0.5, 0.6) is 5.75 Å². The molecule has 0 aromatic heterocycles. The number of carbonyl (C=O) groups is 2. The molecule has 6 heteroatoms. The fraction of sp³-hybridized carbons (Fsp3) is 0.231. The fourth-order valence-electron chi connectivity index (χ4n) is 4.56. The maximum Gasteiger partial charge on any atom is 0.261 e. The van der Waals surface area contributed by atoms with E-state index >= 15 is 0 Å². The van der Waals surface area contributed by atoms with E-state index in [2.05, 4.69) is 23.5 Å². The van der Waals surface area contributed by atoms with Crippen molar-refractivity contribution in [2.45, 2.75) is 31.8 Å². The van der Waals surface area contributed by atoms with E-state index in [1.165, 1.54) is 11.1 Å². The van der Waals surface area contributed by atoms with Crippen LogP contribution in [0.4, 0.5) is 5.69 Å². The van der Waals surface area contributed by atoms with E-state index in [1.54, 1.807) is 30.3 Å². The summed E-state index contributed by atoms with van der Waals surface area (Å²) in [6, 6.07) is 20.7. The lowest BCUT2D eigenvalue weighted by Gasteiger charge is -2.35. The zero-order valence-corrected chi connectivity index (χ0v) is 18.3. The first-order valence-electron chi connectivity index (χ1n) is 10.8. The number of hydrogen-bond acceptors (Lipinski definition) is 3. The van der Waals surface area contributed by atoms with Gasteiger partial charge in [0.15, 0.2) is 6.61 Å². The third kappa shape index (κ3) is 4.08. The number of fused-ring (bicyclic) bond motifs is 2. The van der Waals surface area contributed by atoms with Crippen molar-refractivity contribution in [3.8, 4) is 5.75 Å². The number of hydrogen-bond donors (Lipinski definition) is 1. The molecule has 3 aromatic carbocycles. The van der Waals surface area contributed by atoms with Crippen molar-refractivity contribution in [1.82, 2.24) is 4.90 Å². The van der Waals surface area contributed by atoms with Crippen molar-refractivity contribution < 1.29 is 14.3 Å². The molecule has 2 amide bonds. The Morgan fingerprint density at radius 2 is 1.84 bits per heavy atom. The van der Waals surface area contributed by atoms with Gasteiger partial charge in [0.1, 0.15) is 5.75 Å². The van der Waals surface area contributed by atoms with E-state index in [0.29, 0.717) is 28.6 Å². The maximum atomic E-state index is 13.0. The van der Waals surface area contributed by atoms with E-state index in [9.17, 15) is 9.59 Å². The third-order valence-corrected chi connectivity index (χ3v) is 6.40. The number of benzene rings is 3. The van der Waals surface area contributed by atoms with Crippen LogP contribution in [-0.2, 0) is 17.8 Å². The van der Waals surface area contributed by atoms with E-state index < -0.39 is 0 Å². The number of aryl methyl sites for hydroxylation is 1. The lowest BCUT2D eigenvalue weighted by molar-refractivity contribution is -0.136. The summed E-state index contributed by atoms with van der Waals surface area (Å²) in [7, 11) is 0. The molecule has 0 spiro atoms. The van der Waals surface area contributed by atoms with E-state index in [-0.39, 0.29) is 24.5 Å². The largest absolute Gasteiger partial charge is 0.483 e. The van der Waals surface area contributed by atoms with Crippen molar-refractivity contribution in [2.24, 2.45) is 0 Å². The minimum absolute atomic E-state index is 0.0160. The Bertz CT molecular complexity index is 1180. The average Bonchev–Trinajstić information content (AvgIpc) is 2.97. The first-order chi connectivity index (χ1) is 15.6. The molecule has 0 saturated carbocycles. The standard InChI is InChI=1S/C26H23ClN2O3/c27-20-10-8-18(9-11-20)26(31)28-21-12-13-24-19(14-21)15-29(25(30)16-32-24)23-7-3-5-17-4-1-2-6-22(17)23/h1-2,4,6,8-14,23H,3,5,7,15-16H2,(H,28,31)/t23-/m1/s1. The molecule has 1 heterocycles. The quantitative estimate of drug-likeness (QED) is 0.586. The first-order valence-corrected chi connectivity index (χ1v) is 11.2. The molecule has 5 nitrogen and oxygen atoms in total. The minimum Gasteiger partial charge on any atom is -0.483 e. The Hall–Kier alpha value is -3.31. The van der Waals surface area contributed by atoms with Gasteiger partial charge in [-0.15, -0.1) is 0 Å². The Balaban J connectivity index is 1.41. The van der Waals surface area contributed by atoms with Crippen molar-refractivity contribution >= 4 is 29.1 Å². The van der Waals surface area contributed by atoms with Gasteiger partial charge in [0.25, 0.3) is 11.8 Å². The normalized spacial score (nSPS) is 17.6.